The molecule has 0 amide bonds. The maximum absolute atomic E-state index is 14.3. The molecule has 5 rings (SSSR count). The minimum Gasteiger partial charge on any atom is -0.327 e. The highest BCUT2D eigenvalue weighted by Gasteiger charge is 2.69. The minimum absolute atomic E-state index is 0.0257. The third kappa shape index (κ3) is 3.52. The zero-order chi connectivity index (χ0) is 26.7. The number of rotatable bonds is 2. The van der Waals surface area contributed by atoms with Crippen molar-refractivity contribution in [3.05, 3.63) is 11.6 Å². The van der Waals surface area contributed by atoms with Crippen LogP contribution in [0.1, 0.15) is 106 Å². The van der Waals surface area contributed by atoms with Crippen LogP contribution in [0.15, 0.2) is 11.6 Å². The summed E-state index contributed by atoms with van der Waals surface area (Å²) in [7, 11) is -3.31. The molecule has 0 saturated heterocycles. The molecule has 0 aliphatic heterocycles. The standard InChI is InChI=1S/C30H50N2O3S/c1-25(2)22-9-12-30(7)24(28(22,5)11-10-23(25)31)21(33)17-19-20-18-27(4,32-36(8,34)35)15-13-26(20,3)14-16-29(19,30)6/h17,20,22-24,32H,9-16,18,31H2,1-8H3/t20-,22-,23-,24+,26+,27-,28-,29+,30+/m0/s1. The Morgan fingerprint density at radius 2 is 1.56 bits per heavy atom. The van der Waals surface area contributed by atoms with E-state index in [1.807, 2.05) is 0 Å². The topological polar surface area (TPSA) is 89.3 Å². The molecule has 0 unspecified atom stereocenters. The third-order valence-corrected chi connectivity index (χ3v) is 14.0. The second-order valence-electron chi connectivity index (χ2n) is 15.6. The molecule has 4 saturated carbocycles. The van der Waals surface area contributed by atoms with E-state index in [1.54, 1.807) is 0 Å². The van der Waals surface area contributed by atoms with Gasteiger partial charge in [0.15, 0.2) is 5.78 Å². The van der Waals surface area contributed by atoms with Gasteiger partial charge in [0, 0.05) is 17.5 Å². The van der Waals surface area contributed by atoms with Gasteiger partial charge in [0.2, 0.25) is 10.0 Å². The second kappa shape index (κ2) is 7.69. The van der Waals surface area contributed by atoms with Gasteiger partial charge < -0.3 is 5.73 Å². The number of allylic oxidation sites excluding steroid dienone is 2. The highest BCUT2D eigenvalue weighted by molar-refractivity contribution is 7.88. The Kier molecular flexibility index (Phi) is 5.74. The van der Waals surface area contributed by atoms with E-state index in [1.165, 1.54) is 11.8 Å². The molecule has 5 aliphatic carbocycles. The van der Waals surface area contributed by atoms with Crippen LogP contribution in [0, 0.1) is 44.8 Å². The fourth-order valence-electron chi connectivity index (χ4n) is 10.8. The van der Waals surface area contributed by atoms with Gasteiger partial charge in [-0.15, -0.1) is 0 Å². The summed E-state index contributed by atoms with van der Waals surface area (Å²) in [5.41, 5.74) is 7.51. The van der Waals surface area contributed by atoms with E-state index in [2.05, 4.69) is 59.3 Å². The fourth-order valence-corrected chi connectivity index (χ4v) is 11.8. The Morgan fingerprint density at radius 3 is 2.19 bits per heavy atom. The second-order valence-corrected chi connectivity index (χ2v) is 17.3. The number of carbonyl (C=O) groups is 1. The number of hydrogen-bond acceptors (Lipinski definition) is 4. The van der Waals surface area contributed by atoms with Crippen molar-refractivity contribution in [2.24, 2.45) is 50.6 Å². The normalized spacial score (nSPS) is 52.4. The number of fused-ring (bicyclic) bond motifs is 7. The molecule has 6 heteroatoms. The van der Waals surface area contributed by atoms with Crippen LogP contribution in [0.2, 0.25) is 0 Å². The van der Waals surface area contributed by atoms with Crippen molar-refractivity contribution in [3.63, 3.8) is 0 Å². The van der Waals surface area contributed by atoms with E-state index in [-0.39, 0.29) is 45.0 Å². The van der Waals surface area contributed by atoms with Crippen molar-refractivity contribution in [1.82, 2.24) is 4.72 Å². The van der Waals surface area contributed by atoms with Gasteiger partial charge in [-0.3, -0.25) is 4.79 Å². The van der Waals surface area contributed by atoms with Crippen molar-refractivity contribution in [2.75, 3.05) is 6.26 Å². The fraction of sp³-hybridized carbons (Fsp3) is 0.900. The molecule has 5 nitrogen and oxygen atoms in total. The van der Waals surface area contributed by atoms with Crippen LogP contribution in [0.4, 0.5) is 0 Å². The van der Waals surface area contributed by atoms with E-state index >= 15 is 0 Å². The summed E-state index contributed by atoms with van der Waals surface area (Å²) in [6.07, 6.45) is 12.4. The molecule has 9 atom stereocenters. The Balaban J connectivity index is 1.59. The van der Waals surface area contributed by atoms with Gasteiger partial charge >= 0.3 is 0 Å². The van der Waals surface area contributed by atoms with Crippen molar-refractivity contribution in [2.45, 2.75) is 118 Å². The smallest absolute Gasteiger partial charge is 0.209 e. The number of nitrogens with one attached hydrogen (secondary N) is 1. The van der Waals surface area contributed by atoms with Gasteiger partial charge in [0.1, 0.15) is 0 Å². The van der Waals surface area contributed by atoms with Crippen molar-refractivity contribution >= 4 is 15.8 Å². The van der Waals surface area contributed by atoms with Gasteiger partial charge in [0.25, 0.3) is 0 Å². The lowest BCUT2D eigenvalue weighted by molar-refractivity contribution is -0.186. The maximum atomic E-state index is 14.3. The molecule has 0 spiro atoms. The highest BCUT2D eigenvalue weighted by atomic mass is 32.2. The van der Waals surface area contributed by atoms with Crippen LogP contribution in [-0.2, 0) is 14.8 Å². The Labute approximate surface area is 219 Å². The lowest BCUT2D eigenvalue weighted by Gasteiger charge is -2.70. The minimum atomic E-state index is -3.31. The molecule has 36 heavy (non-hydrogen) atoms. The van der Waals surface area contributed by atoms with Gasteiger partial charge in [-0.05, 0) is 110 Å². The van der Waals surface area contributed by atoms with Crippen molar-refractivity contribution in [1.29, 1.82) is 0 Å². The van der Waals surface area contributed by atoms with Crippen molar-refractivity contribution < 1.29 is 13.2 Å². The molecule has 5 aliphatic rings. The largest absolute Gasteiger partial charge is 0.327 e. The molecule has 0 radical (unpaired) electrons. The van der Waals surface area contributed by atoms with Gasteiger partial charge in [-0.1, -0.05) is 47.1 Å². The molecule has 204 valence electrons. The highest BCUT2D eigenvalue weighted by Crippen LogP contribution is 2.74. The number of carbonyl (C=O) groups excluding carboxylic acids is 1. The van der Waals surface area contributed by atoms with Gasteiger partial charge in [-0.25, -0.2) is 13.1 Å². The van der Waals surface area contributed by atoms with E-state index in [0.717, 1.165) is 57.8 Å². The summed E-state index contributed by atoms with van der Waals surface area (Å²) >= 11 is 0. The van der Waals surface area contributed by atoms with Gasteiger partial charge in [0.05, 0.1) is 6.26 Å². The average Bonchev–Trinajstić information content (AvgIpc) is 2.72. The number of hydrogen-bond donors (Lipinski definition) is 2. The molecule has 0 aromatic carbocycles. The predicted octanol–water partition coefficient (Wildman–Crippen LogP) is 5.60. The predicted molar refractivity (Wildman–Crippen MR) is 146 cm³/mol. The molecule has 4 fully saturated rings. The Bertz CT molecular complexity index is 1110. The summed E-state index contributed by atoms with van der Waals surface area (Å²) in [5, 5.41) is 0. The average molecular weight is 519 g/mol. The Hall–Kier alpha value is -0.720. The van der Waals surface area contributed by atoms with Crippen molar-refractivity contribution in [3.8, 4) is 0 Å². The molecule has 0 bridgehead atoms. The summed E-state index contributed by atoms with van der Waals surface area (Å²) in [5.74, 6) is 1.04. The van der Waals surface area contributed by atoms with Crippen LogP contribution in [0.3, 0.4) is 0 Å². The lowest BCUT2D eigenvalue weighted by Crippen LogP contribution is -2.67. The number of sulfonamides is 1. The van der Waals surface area contributed by atoms with E-state index in [9.17, 15) is 13.2 Å². The molecule has 0 heterocycles. The summed E-state index contributed by atoms with van der Waals surface area (Å²) < 4.78 is 27.4. The third-order valence-electron chi connectivity index (χ3n) is 13.1. The first-order chi connectivity index (χ1) is 16.3. The van der Waals surface area contributed by atoms with E-state index < -0.39 is 15.6 Å². The number of ketones is 1. The van der Waals surface area contributed by atoms with Gasteiger partial charge in [-0.2, -0.15) is 0 Å². The van der Waals surface area contributed by atoms with E-state index in [4.69, 9.17) is 5.73 Å². The molecule has 3 N–H and O–H groups in total. The van der Waals surface area contributed by atoms with Crippen LogP contribution in [0.5, 0.6) is 0 Å². The zero-order valence-electron chi connectivity index (χ0n) is 24.0. The molecule has 0 aromatic heterocycles. The summed E-state index contributed by atoms with van der Waals surface area (Å²) in [4.78, 5) is 14.3. The van der Waals surface area contributed by atoms with Crippen LogP contribution in [-0.4, -0.2) is 32.0 Å². The Morgan fingerprint density at radius 1 is 0.917 bits per heavy atom. The molecular weight excluding hydrogens is 468 g/mol. The maximum Gasteiger partial charge on any atom is 0.209 e. The van der Waals surface area contributed by atoms with Crippen LogP contribution >= 0.6 is 0 Å². The summed E-state index contributed by atoms with van der Waals surface area (Å²) in [6.45, 7) is 16.4. The first kappa shape index (κ1) is 26.9. The quantitative estimate of drug-likeness (QED) is 0.498. The monoisotopic (exact) mass is 518 g/mol. The first-order valence-corrected chi connectivity index (χ1v) is 16.2. The molecular formula is C30H50N2O3S. The summed E-state index contributed by atoms with van der Waals surface area (Å²) in [6, 6.07) is 0.193. The first-order valence-electron chi connectivity index (χ1n) is 14.3. The number of nitrogens with two attached hydrogens (primary N) is 1. The zero-order valence-corrected chi connectivity index (χ0v) is 24.8. The van der Waals surface area contributed by atoms with E-state index in [0.29, 0.717) is 11.7 Å². The lowest BCUT2D eigenvalue weighted by atomic mass is 9.33. The molecule has 0 aromatic rings. The SMILES string of the molecule is CC1(C)[C@@H](N)CC[C@]2(C)[C@H]3C(=O)C=C4[C@@H]5C[C@@](C)(NS(C)(=O)=O)CC[C@]5(C)CC[C@@]4(C)[C@]3(C)CC[C@@H]12. The van der Waals surface area contributed by atoms with Crippen LogP contribution < -0.4 is 10.5 Å². The van der Waals surface area contributed by atoms with Crippen LogP contribution in [0.25, 0.3) is 0 Å².